The molecule has 1 N–H and O–H groups in total. The molecular weight excluding hydrogens is 442 g/mol. The highest BCUT2D eigenvalue weighted by atomic mass is 32.2. The predicted octanol–water partition coefficient (Wildman–Crippen LogP) is 4.53. The van der Waals surface area contributed by atoms with Crippen molar-refractivity contribution < 1.29 is 4.79 Å². The van der Waals surface area contributed by atoms with Crippen molar-refractivity contribution in [3.63, 3.8) is 0 Å². The summed E-state index contributed by atoms with van der Waals surface area (Å²) >= 11 is 3.05. The Morgan fingerprint density at radius 2 is 1.97 bits per heavy atom. The molecule has 0 spiro atoms. The molecule has 1 atom stereocenters. The van der Waals surface area contributed by atoms with E-state index in [4.69, 9.17) is 4.98 Å². The minimum Gasteiger partial charge on any atom is -0.322 e. The van der Waals surface area contributed by atoms with Gasteiger partial charge in [0.15, 0.2) is 5.16 Å². The van der Waals surface area contributed by atoms with Crippen LogP contribution in [0.15, 0.2) is 9.95 Å². The quantitative estimate of drug-likeness (QED) is 0.437. The molecule has 0 aromatic carbocycles. The molecule has 9 heteroatoms. The van der Waals surface area contributed by atoms with Crippen molar-refractivity contribution in [3.8, 4) is 0 Å². The van der Waals surface area contributed by atoms with E-state index in [1.54, 1.807) is 16.0 Å². The Morgan fingerprint density at radius 3 is 2.66 bits per heavy atom. The minimum atomic E-state index is -0.391. The van der Waals surface area contributed by atoms with Crippen LogP contribution in [-0.4, -0.2) is 30.5 Å². The topological polar surface area (TPSA) is 81.8 Å². The molecule has 5 rings (SSSR count). The lowest BCUT2D eigenvalue weighted by atomic mass is 10.2. The molecule has 170 valence electrons. The number of thioether (sulfide) groups is 1. The Morgan fingerprint density at radius 1 is 1.22 bits per heavy atom. The van der Waals surface area contributed by atoms with Gasteiger partial charge in [-0.3, -0.25) is 18.8 Å². The van der Waals surface area contributed by atoms with Crippen molar-refractivity contribution in [2.75, 3.05) is 5.32 Å². The first-order valence-corrected chi connectivity index (χ1v) is 13.1. The van der Waals surface area contributed by atoms with E-state index in [0.29, 0.717) is 5.16 Å². The highest BCUT2D eigenvalue weighted by Gasteiger charge is 2.29. The fourth-order valence-electron chi connectivity index (χ4n) is 5.00. The Bertz CT molecular complexity index is 1270. The number of hydrogen-bond donors (Lipinski definition) is 1. The molecule has 0 aliphatic heterocycles. The second-order valence-corrected chi connectivity index (χ2v) is 11.4. The monoisotopic (exact) mass is 471 g/mol. The van der Waals surface area contributed by atoms with Crippen LogP contribution in [0.1, 0.15) is 66.9 Å². The van der Waals surface area contributed by atoms with E-state index in [1.807, 2.05) is 32.4 Å². The zero-order valence-electron chi connectivity index (χ0n) is 19.0. The molecule has 0 saturated heterocycles. The number of nitrogens with one attached hydrogen (secondary N) is 1. The minimum absolute atomic E-state index is 0.0929. The first-order chi connectivity index (χ1) is 15.3. The Labute approximate surface area is 195 Å². The molecule has 2 aliphatic carbocycles. The number of fused-ring (bicyclic) bond motifs is 3. The highest BCUT2D eigenvalue weighted by molar-refractivity contribution is 8.00. The number of nitrogens with zero attached hydrogens (tertiary/aromatic N) is 4. The number of thiophene rings is 1. The molecule has 7 nitrogen and oxygen atoms in total. The van der Waals surface area contributed by atoms with Crippen LogP contribution < -0.4 is 10.9 Å². The Balaban J connectivity index is 1.49. The molecule has 3 aromatic rings. The number of hydrogen-bond acceptors (Lipinski definition) is 6. The molecule has 3 aromatic heterocycles. The third kappa shape index (κ3) is 3.59. The van der Waals surface area contributed by atoms with Gasteiger partial charge in [-0.25, -0.2) is 4.98 Å². The van der Waals surface area contributed by atoms with Crippen LogP contribution in [0.5, 0.6) is 0 Å². The Hall–Kier alpha value is -2.13. The SMILES string of the molecule is Cc1nn(C)c(C)c1NC(=O)C(C)Sc1nc2sc3c(c2c(=O)n1C1CCCC1)CCC3. The normalized spacial score (nSPS) is 17.2. The summed E-state index contributed by atoms with van der Waals surface area (Å²) in [6.45, 7) is 5.71. The standard InChI is InChI=1S/C23H29N5O2S2/c1-12-19(13(2)27(4)26-12)24-20(29)14(3)31-23-25-21-18(16-10-7-11-17(16)32-21)22(30)28(23)15-8-5-6-9-15/h14-15H,5-11H2,1-4H3,(H,24,29). The van der Waals surface area contributed by atoms with Crippen molar-refractivity contribution >= 4 is 44.9 Å². The van der Waals surface area contributed by atoms with Crippen LogP contribution in [0.25, 0.3) is 10.2 Å². The number of carbonyl (C=O) groups excluding carboxylic acids is 1. The van der Waals surface area contributed by atoms with Gasteiger partial charge in [-0.1, -0.05) is 24.6 Å². The van der Waals surface area contributed by atoms with Gasteiger partial charge in [-0.05, 0) is 58.4 Å². The number of amides is 1. The third-order valence-corrected chi connectivity index (χ3v) is 9.09. The molecule has 1 fully saturated rings. The van der Waals surface area contributed by atoms with E-state index >= 15 is 0 Å². The second kappa shape index (κ2) is 8.33. The number of rotatable bonds is 5. The third-order valence-electron chi connectivity index (χ3n) is 6.84. The molecule has 3 heterocycles. The average Bonchev–Trinajstić information content (AvgIpc) is 3.51. The molecule has 32 heavy (non-hydrogen) atoms. The van der Waals surface area contributed by atoms with Gasteiger partial charge in [0.1, 0.15) is 4.83 Å². The van der Waals surface area contributed by atoms with Gasteiger partial charge in [0.05, 0.1) is 27.7 Å². The summed E-state index contributed by atoms with van der Waals surface area (Å²) in [5, 5.41) is 8.54. The number of anilines is 1. The molecular formula is C23H29N5O2S2. The smallest absolute Gasteiger partial charge is 0.263 e. The van der Waals surface area contributed by atoms with Crippen molar-refractivity contribution in [2.24, 2.45) is 7.05 Å². The van der Waals surface area contributed by atoms with Gasteiger partial charge >= 0.3 is 0 Å². The van der Waals surface area contributed by atoms with Crippen LogP contribution in [-0.2, 0) is 24.7 Å². The maximum atomic E-state index is 13.7. The lowest BCUT2D eigenvalue weighted by Crippen LogP contribution is -2.29. The van der Waals surface area contributed by atoms with Crippen molar-refractivity contribution in [2.45, 2.75) is 82.2 Å². The van der Waals surface area contributed by atoms with E-state index in [2.05, 4.69) is 10.4 Å². The first-order valence-electron chi connectivity index (χ1n) is 11.4. The van der Waals surface area contributed by atoms with Crippen LogP contribution in [0.3, 0.4) is 0 Å². The summed E-state index contributed by atoms with van der Waals surface area (Å²) in [7, 11) is 1.87. The zero-order chi connectivity index (χ0) is 22.6. The molecule has 1 amide bonds. The van der Waals surface area contributed by atoms with Gasteiger partial charge in [0, 0.05) is 18.0 Å². The summed E-state index contributed by atoms with van der Waals surface area (Å²) in [6, 6.07) is 0.178. The van der Waals surface area contributed by atoms with Crippen LogP contribution in [0.2, 0.25) is 0 Å². The summed E-state index contributed by atoms with van der Waals surface area (Å²) in [6.07, 6.45) is 7.42. The van der Waals surface area contributed by atoms with Crippen molar-refractivity contribution in [1.29, 1.82) is 0 Å². The van der Waals surface area contributed by atoms with E-state index in [0.717, 1.165) is 72.2 Å². The highest BCUT2D eigenvalue weighted by Crippen LogP contribution is 2.38. The van der Waals surface area contributed by atoms with Crippen molar-refractivity contribution in [3.05, 3.63) is 32.2 Å². The number of carbonyl (C=O) groups is 1. The first kappa shape index (κ1) is 21.7. The zero-order valence-corrected chi connectivity index (χ0v) is 20.7. The maximum absolute atomic E-state index is 13.7. The fourth-order valence-corrected chi connectivity index (χ4v) is 7.28. The summed E-state index contributed by atoms with van der Waals surface area (Å²) < 4.78 is 3.68. The average molecular weight is 472 g/mol. The van der Waals surface area contributed by atoms with Crippen LogP contribution in [0, 0.1) is 13.8 Å². The summed E-state index contributed by atoms with van der Waals surface area (Å²) in [5.74, 6) is -0.102. The number of aromatic nitrogens is 4. The van der Waals surface area contributed by atoms with Gasteiger partial charge in [0.2, 0.25) is 5.91 Å². The maximum Gasteiger partial charge on any atom is 0.263 e. The lowest BCUT2D eigenvalue weighted by molar-refractivity contribution is -0.115. The van der Waals surface area contributed by atoms with Gasteiger partial charge in [-0.2, -0.15) is 5.10 Å². The van der Waals surface area contributed by atoms with Crippen LogP contribution >= 0.6 is 23.1 Å². The van der Waals surface area contributed by atoms with Crippen LogP contribution in [0.4, 0.5) is 5.69 Å². The van der Waals surface area contributed by atoms with Crippen molar-refractivity contribution in [1.82, 2.24) is 19.3 Å². The van der Waals surface area contributed by atoms with E-state index < -0.39 is 5.25 Å². The lowest BCUT2D eigenvalue weighted by Gasteiger charge is -2.20. The second-order valence-electron chi connectivity index (χ2n) is 8.96. The van der Waals surface area contributed by atoms with E-state index in [1.165, 1.54) is 22.2 Å². The van der Waals surface area contributed by atoms with Gasteiger partial charge in [-0.15, -0.1) is 11.3 Å². The van der Waals surface area contributed by atoms with Gasteiger partial charge in [0.25, 0.3) is 5.56 Å². The largest absolute Gasteiger partial charge is 0.322 e. The molecule has 2 aliphatic rings. The van der Waals surface area contributed by atoms with E-state index in [-0.39, 0.29) is 17.5 Å². The summed E-state index contributed by atoms with van der Waals surface area (Å²) in [4.78, 5) is 33.9. The molecule has 0 radical (unpaired) electrons. The predicted molar refractivity (Wildman–Crippen MR) is 130 cm³/mol. The summed E-state index contributed by atoms with van der Waals surface area (Å²) in [5.41, 5.74) is 3.79. The molecule has 0 bridgehead atoms. The van der Waals surface area contributed by atoms with E-state index in [9.17, 15) is 9.59 Å². The molecule has 1 unspecified atom stereocenters. The fraction of sp³-hybridized carbons (Fsp3) is 0.565. The number of aryl methyl sites for hydroxylation is 4. The Kier molecular flexibility index (Phi) is 5.65. The molecule has 1 saturated carbocycles. The van der Waals surface area contributed by atoms with Gasteiger partial charge < -0.3 is 5.32 Å².